The Kier molecular flexibility index (Phi) is 16.7. The smallest absolute Gasteiger partial charge is 0.144 e. The third-order valence-electron chi connectivity index (χ3n) is 14.3. The van der Waals surface area contributed by atoms with Crippen LogP contribution in [0, 0.1) is 6.20 Å². The number of hydrogen-bond donors (Lipinski definition) is 0. The van der Waals surface area contributed by atoms with E-state index in [1.165, 1.54) is 11.3 Å². The molecule has 0 bridgehead atoms. The molecular weight excluding hydrogens is 1640 g/mol. The number of anilines is 1. The predicted molar refractivity (Wildman–Crippen MR) is 425 cm³/mol. The van der Waals surface area contributed by atoms with E-state index in [1.54, 1.807) is 216 Å². The van der Waals surface area contributed by atoms with Crippen molar-refractivity contribution < 1.29 is 0 Å². The molecule has 19 aromatic heterocycles. The molecule has 1 aliphatic rings. The predicted octanol–water partition coefficient (Wildman–Crippen LogP) is 22.0. The van der Waals surface area contributed by atoms with Crippen LogP contribution in [0.1, 0.15) is 5.01 Å². The topological polar surface area (TPSA) is 248 Å². The summed E-state index contributed by atoms with van der Waals surface area (Å²) in [6.45, 7) is 0. The maximum absolute atomic E-state index is 4.99. The van der Waals surface area contributed by atoms with Gasteiger partial charge in [0.25, 0.3) is 0 Å². The van der Waals surface area contributed by atoms with Gasteiger partial charge in [-0.15, -0.1) is 227 Å². The van der Waals surface area contributed by atoms with Gasteiger partial charge in [-0.25, -0.2) is 94.7 Å². The first-order valence-electron chi connectivity index (χ1n) is 28.5. The highest BCUT2D eigenvalue weighted by atomic mass is 32.2. The molecule has 20 heterocycles. The summed E-state index contributed by atoms with van der Waals surface area (Å²) in [6.07, 6.45) is 2.86. The summed E-state index contributed by atoms with van der Waals surface area (Å²) in [5.74, 6) is 1.77. The Morgan fingerprint density at radius 3 is 0.650 bits per heavy atom. The molecule has 0 saturated carbocycles. The highest BCUT2D eigenvalue weighted by Crippen LogP contribution is 2.45. The maximum atomic E-state index is 4.99. The molecule has 0 atom stereocenters. The molecule has 0 amide bonds. The van der Waals surface area contributed by atoms with Gasteiger partial charge in [-0.1, -0.05) is 0 Å². The van der Waals surface area contributed by atoms with Crippen LogP contribution in [0.4, 0.5) is 5.82 Å². The van der Waals surface area contributed by atoms with Crippen molar-refractivity contribution in [3.63, 3.8) is 0 Å². The zero-order chi connectivity index (χ0) is 65.8. The Morgan fingerprint density at radius 1 is 0.240 bits per heavy atom. The molecule has 20 nitrogen and oxygen atoms in total. The van der Waals surface area contributed by atoms with Crippen LogP contribution >= 0.6 is 227 Å². The fourth-order valence-corrected chi connectivity index (χ4v) is 26.0. The van der Waals surface area contributed by atoms with Crippen molar-refractivity contribution in [2.45, 2.75) is 0 Å². The number of nitrogens with zero attached hydrogens (tertiary/aromatic N) is 20. The summed E-state index contributed by atoms with van der Waals surface area (Å²) in [5.41, 5.74) is 16.7. The molecule has 0 aliphatic carbocycles. The third-order valence-corrected chi connectivity index (χ3v) is 31.1. The van der Waals surface area contributed by atoms with Crippen LogP contribution in [-0.2, 0) is 0 Å². The Bertz CT molecular complexity index is 6160. The van der Waals surface area contributed by atoms with E-state index in [0.29, 0.717) is 0 Å². The molecule has 0 N–H and O–H groups in total. The highest BCUT2D eigenvalue weighted by molar-refractivity contribution is 8.02. The van der Waals surface area contributed by atoms with E-state index < -0.39 is 0 Å². The largest absolute Gasteiger partial charge is 0.312 e. The first-order valence-corrected chi connectivity index (χ1v) is 46.3. The van der Waals surface area contributed by atoms with Gasteiger partial charge in [-0.2, -0.15) is 0 Å². The average molecular weight is 1670 g/mol. The summed E-state index contributed by atoms with van der Waals surface area (Å²) >= 11 is 31.2. The highest BCUT2D eigenvalue weighted by Gasteiger charge is 2.27. The molecule has 0 aromatic carbocycles. The minimum atomic E-state index is 0.793. The Balaban J connectivity index is 0.448. The number of thioether (sulfide) groups is 1. The van der Waals surface area contributed by atoms with E-state index in [4.69, 9.17) is 84.7 Å². The van der Waals surface area contributed by atoms with Crippen molar-refractivity contribution >= 4 is 239 Å². The van der Waals surface area contributed by atoms with Crippen LogP contribution in [0.3, 0.4) is 0 Å². The lowest BCUT2D eigenvalue weighted by Crippen LogP contribution is -2.16. The van der Waals surface area contributed by atoms with Gasteiger partial charge in [-0.05, 0) is 5.41 Å². The standard InChI is InChI=1S/C60H23N20S20/c1-2-83-43(61-1)24-3-84-44(63-24)25-4-85-45(64-25)26-5-86-46(65-26)27-6-87-47(66-27)28-7-88-48(67-28)29-8-89-49(68-29)30-9-90-50(69-30)31-10-91-51(70-31)32-11-92-52(71-32)33-12-93-53(72-33)34-13-94-54(73-34)35-14-95-55(74-35)36-15-96-56(75-36)37-16-97-57(76-37)38-17-98-58(77-38)39-18-99-59(78-39)40-19-100-60(79-40)41-20-82-23-80(41)42-21-81-22-62-42/h2-22H,23H2. The summed E-state index contributed by atoms with van der Waals surface area (Å²) in [4.78, 5) is 95.2. The second-order valence-electron chi connectivity index (χ2n) is 20.5. The third kappa shape index (κ3) is 12.1. The van der Waals surface area contributed by atoms with E-state index in [1.807, 2.05) is 97.0 Å². The van der Waals surface area contributed by atoms with Crippen molar-refractivity contribution in [1.82, 2.24) is 94.7 Å². The Labute approximate surface area is 642 Å². The lowest BCUT2D eigenvalue weighted by Gasteiger charge is -2.16. The molecule has 20 rings (SSSR count). The molecule has 100 heavy (non-hydrogen) atoms. The van der Waals surface area contributed by atoms with Gasteiger partial charge in [0.15, 0.2) is 0 Å². The normalized spacial score (nSPS) is 12.6. The molecule has 19 aromatic rings. The van der Waals surface area contributed by atoms with Crippen LogP contribution in [0.2, 0.25) is 0 Å². The van der Waals surface area contributed by atoms with E-state index in [9.17, 15) is 0 Å². The summed E-state index contributed by atoms with van der Waals surface area (Å²) in [6, 6.07) is 0. The number of rotatable bonds is 19. The van der Waals surface area contributed by atoms with Crippen molar-refractivity contribution in [3.8, 4) is 182 Å². The Hall–Kier alpha value is -7.14. The van der Waals surface area contributed by atoms with Crippen molar-refractivity contribution in [1.29, 1.82) is 0 Å². The first kappa shape index (κ1) is 62.6. The summed E-state index contributed by atoms with van der Waals surface area (Å²) in [5, 5.41) is 55.6. The molecule has 483 valence electrons. The van der Waals surface area contributed by atoms with E-state index >= 15 is 0 Å². The van der Waals surface area contributed by atoms with Gasteiger partial charge in [0, 0.05) is 102 Å². The zero-order valence-corrected chi connectivity index (χ0v) is 65.3. The molecule has 0 saturated heterocycles. The van der Waals surface area contributed by atoms with Crippen LogP contribution < -0.4 is 4.90 Å². The van der Waals surface area contributed by atoms with Gasteiger partial charge >= 0.3 is 0 Å². The second-order valence-corrected chi connectivity index (χ2v) is 37.5. The fraction of sp³-hybridized carbons (Fsp3) is 0.0167. The van der Waals surface area contributed by atoms with E-state index in [0.717, 1.165) is 204 Å². The minimum Gasteiger partial charge on any atom is -0.312 e. The van der Waals surface area contributed by atoms with Crippen LogP contribution in [0.15, 0.2) is 113 Å². The van der Waals surface area contributed by atoms with Gasteiger partial charge in [0.2, 0.25) is 0 Å². The molecule has 0 unspecified atom stereocenters. The molecule has 0 spiro atoms. The van der Waals surface area contributed by atoms with Gasteiger partial charge in [-0.3, -0.25) is 0 Å². The Morgan fingerprint density at radius 2 is 0.450 bits per heavy atom. The molecule has 0 fully saturated rings. The SMILES string of the molecule is [c]1csc(-c2csc(-c3csc(-c4csc(-c5csc(-c6csc(-c7csc(-c8csc(-c9csc(-c%10csc(-c%11csc(-c%12csc(-c%13csc(-c%14csc(-c%15csc(-c%16csc(-c%17csc(-c%18csc(C%19=CSCN%19c%19cscn%19)n%18)n%17)n%16)n%15)n%14)n%13)n%12)n%11)n%10)n9)n8)n7)n6)n5)n4)n3)n2)n1. The second kappa shape index (κ2) is 26.6. The minimum absolute atomic E-state index is 0.793. The van der Waals surface area contributed by atoms with Crippen molar-refractivity contribution in [2.75, 3.05) is 10.8 Å². The van der Waals surface area contributed by atoms with Crippen molar-refractivity contribution in [3.05, 3.63) is 124 Å². The number of thiazole rings is 19. The number of aromatic nitrogens is 19. The first-order chi connectivity index (χ1) is 49.4. The van der Waals surface area contributed by atoms with Gasteiger partial charge in [0.1, 0.15) is 199 Å². The van der Waals surface area contributed by atoms with Crippen LogP contribution in [0.5, 0.6) is 0 Å². The zero-order valence-electron chi connectivity index (χ0n) is 48.9. The van der Waals surface area contributed by atoms with Crippen LogP contribution in [-0.4, -0.2) is 101 Å². The summed E-state index contributed by atoms with van der Waals surface area (Å²) in [7, 11) is 0. The monoisotopic (exact) mass is 1660 g/mol. The molecule has 1 aliphatic heterocycles. The fourth-order valence-electron chi connectivity index (χ4n) is 9.65. The van der Waals surface area contributed by atoms with E-state index in [2.05, 4.69) is 37.2 Å². The quantitative estimate of drug-likeness (QED) is 0.0729. The van der Waals surface area contributed by atoms with Gasteiger partial charge in [0.05, 0.1) is 17.1 Å². The van der Waals surface area contributed by atoms with Crippen molar-refractivity contribution in [2.24, 2.45) is 0 Å². The lowest BCUT2D eigenvalue weighted by molar-refractivity contribution is 1.14. The van der Waals surface area contributed by atoms with Crippen LogP contribution in [0.25, 0.3) is 188 Å². The number of hydrogen-bond acceptors (Lipinski definition) is 40. The summed E-state index contributed by atoms with van der Waals surface area (Å²) < 4.78 is 0. The van der Waals surface area contributed by atoms with E-state index in [-0.39, 0.29) is 0 Å². The maximum Gasteiger partial charge on any atom is 0.144 e. The molecular formula is C60H23N20S20. The molecule has 1 radical (unpaired) electrons. The van der Waals surface area contributed by atoms with Gasteiger partial charge < -0.3 is 4.90 Å². The average Bonchev–Trinajstić information content (AvgIpc) is 1.67. The lowest BCUT2D eigenvalue weighted by atomic mass is 10.4. The molecule has 40 heteroatoms.